The van der Waals surface area contributed by atoms with Gasteiger partial charge < -0.3 is 4.74 Å². The first kappa shape index (κ1) is 19.1. The van der Waals surface area contributed by atoms with Gasteiger partial charge in [0, 0.05) is 6.54 Å². The van der Waals surface area contributed by atoms with E-state index in [-0.39, 0.29) is 18.0 Å². The van der Waals surface area contributed by atoms with Gasteiger partial charge >= 0.3 is 5.97 Å². The van der Waals surface area contributed by atoms with E-state index in [1.807, 2.05) is 49.4 Å². The van der Waals surface area contributed by atoms with E-state index in [9.17, 15) is 13.2 Å². The van der Waals surface area contributed by atoms with Crippen LogP contribution < -0.4 is 0 Å². The second-order valence-corrected chi connectivity index (χ2v) is 7.94. The molecule has 0 spiro atoms. The molecular weight excluding hydrogens is 338 g/mol. The zero-order valence-corrected chi connectivity index (χ0v) is 15.8. The predicted molar refractivity (Wildman–Crippen MR) is 96.7 cm³/mol. The quantitative estimate of drug-likeness (QED) is 0.742. The molecule has 5 nitrogen and oxygen atoms in total. The molecule has 0 heterocycles. The molecule has 0 radical (unpaired) electrons. The fraction of sp³-hybridized carbons (Fsp3) is 0.316. The van der Waals surface area contributed by atoms with Crippen LogP contribution in [0.1, 0.15) is 22.3 Å². The van der Waals surface area contributed by atoms with E-state index in [0.29, 0.717) is 11.1 Å². The smallest absolute Gasteiger partial charge is 0.321 e. The van der Waals surface area contributed by atoms with Crippen molar-refractivity contribution in [1.82, 2.24) is 4.31 Å². The lowest BCUT2D eigenvalue weighted by atomic mass is 10.1. The van der Waals surface area contributed by atoms with Gasteiger partial charge in [0.1, 0.15) is 6.54 Å². The van der Waals surface area contributed by atoms with E-state index in [4.69, 9.17) is 0 Å². The number of ether oxygens (including phenoxy) is 1. The van der Waals surface area contributed by atoms with E-state index in [1.54, 1.807) is 13.8 Å². The van der Waals surface area contributed by atoms with Gasteiger partial charge in [0.2, 0.25) is 10.0 Å². The predicted octanol–water partition coefficient (Wildman–Crippen LogP) is 2.98. The lowest BCUT2D eigenvalue weighted by molar-refractivity contribution is -0.140. The van der Waals surface area contributed by atoms with E-state index in [0.717, 1.165) is 11.1 Å². The number of sulfonamides is 1. The zero-order valence-electron chi connectivity index (χ0n) is 14.9. The Morgan fingerprint density at radius 3 is 2.12 bits per heavy atom. The topological polar surface area (TPSA) is 63.7 Å². The summed E-state index contributed by atoms with van der Waals surface area (Å²) in [7, 11) is -2.60. The number of esters is 1. The van der Waals surface area contributed by atoms with E-state index < -0.39 is 16.0 Å². The highest BCUT2D eigenvalue weighted by Crippen LogP contribution is 2.26. The van der Waals surface area contributed by atoms with Crippen LogP contribution in [0.3, 0.4) is 0 Å². The normalized spacial score (nSPS) is 11.6. The van der Waals surface area contributed by atoms with Gasteiger partial charge in [0.15, 0.2) is 0 Å². The fourth-order valence-electron chi connectivity index (χ4n) is 2.92. The Morgan fingerprint density at radius 2 is 1.60 bits per heavy atom. The van der Waals surface area contributed by atoms with E-state index in [1.165, 1.54) is 11.4 Å². The van der Waals surface area contributed by atoms with Gasteiger partial charge in [-0.25, -0.2) is 8.42 Å². The van der Waals surface area contributed by atoms with Crippen LogP contribution in [0.2, 0.25) is 0 Å². The van der Waals surface area contributed by atoms with Crippen molar-refractivity contribution in [2.45, 2.75) is 32.2 Å². The first-order valence-corrected chi connectivity index (χ1v) is 9.38. The number of methoxy groups -OCH3 is 1. The van der Waals surface area contributed by atoms with Crippen LogP contribution in [0.25, 0.3) is 0 Å². The summed E-state index contributed by atoms with van der Waals surface area (Å²) >= 11 is 0. The van der Waals surface area contributed by atoms with Crippen molar-refractivity contribution in [1.29, 1.82) is 0 Å². The lowest BCUT2D eigenvalue weighted by Crippen LogP contribution is -2.36. The Hall–Kier alpha value is -2.18. The third kappa shape index (κ3) is 4.46. The van der Waals surface area contributed by atoms with Gasteiger partial charge in [-0.05, 0) is 37.5 Å². The molecule has 2 aromatic carbocycles. The second kappa shape index (κ2) is 7.80. The minimum Gasteiger partial charge on any atom is -0.468 e. The summed E-state index contributed by atoms with van der Waals surface area (Å²) in [5, 5.41) is 0. The molecule has 0 amide bonds. The largest absolute Gasteiger partial charge is 0.468 e. The molecule has 6 heteroatoms. The summed E-state index contributed by atoms with van der Waals surface area (Å²) in [6.07, 6.45) is 0. The van der Waals surface area contributed by atoms with Crippen molar-refractivity contribution < 1.29 is 17.9 Å². The maximum absolute atomic E-state index is 13.3. The van der Waals surface area contributed by atoms with E-state index in [2.05, 4.69) is 4.74 Å². The Kier molecular flexibility index (Phi) is 5.98. The van der Waals surface area contributed by atoms with Gasteiger partial charge in [-0.3, -0.25) is 4.79 Å². The summed E-state index contributed by atoms with van der Waals surface area (Å²) in [6.45, 7) is 5.23. The van der Waals surface area contributed by atoms with Gasteiger partial charge in [-0.2, -0.15) is 4.31 Å². The first-order valence-electron chi connectivity index (χ1n) is 7.94. The molecule has 0 atom stereocenters. The van der Waals surface area contributed by atoms with Gasteiger partial charge in [0.05, 0.1) is 12.0 Å². The van der Waals surface area contributed by atoms with Crippen LogP contribution in [-0.2, 0) is 26.1 Å². The molecule has 0 saturated carbocycles. The molecule has 0 aromatic heterocycles. The number of carbonyl (C=O) groups is 1. The Morgan fingerprint density at radius 1 is 1.04 bits per heavy atom. The summed E-state index contributed by atoms with van der Waals surface area (Å²) < 4.78 is 32.4. The average molecular weight is 361 g/mol. The molecule has 0 aliphatic heterocycles. The zero-order chi connectivity index (χ0) is 18.6. The number of aryl methyl sites for hydroxylation is 3. The molecule has 0 unspecified atom stereocenters. The molecule has 134 valence electrons. The van der Waals surface area contributed by atoms with Crippen molar-refractivity contribution in [3.63, 3.8) is 0 Å². The highest BCUT2D eigenvalue weighted by Gasteiger charge is 2.30. The first-order chi connectivity index (χ1) is 11.8. The van der Waals surface area contributed by atoms with Crippen LogP contribution in [0.5, 0.6) is 0 Å². The molecule has 2 aromatic rings. The molecular formula is C19H23NO4S. The number of benzene rings is 2. The molecule has 0 fully saturated rings. The number of hydrogen-bond donors (Lipinski definition) is 0. The van der Waals surface area contributed by atoms with Crippen LogP contribution in [0.15, 0.2) is 47.4 Å². The van der Waals surface area contributed by atoms with Crippen molar-refractivity contribution >= 4 is 16.0 Å². The van der Waals surface area contributed by atoms with Crippen LogP contribution in [-0.4, -0.2) is 32.3 Å². The maximum atomic E-state index is 13.3. The summed E-state index contributed by atoms with van der Waals surface area (Å²) in [5.41, 5.74) is 3.13. The number of nitrogens with zero attached hydrogens (tertiary/aromatic N) is 1. The Bertz CT molecular complexity index is 837. The highest BCUT2D eigenvalue weighted by molar-refractivity contribution is 7.89. The molecule has 25 heavy (non-hydrogen) atoms. The van der Waals surface area contributed by atoms with E-state index >= 15 is 0 Å². The third-order valence-corrected chi connectivity index (χ3v) is 6.04. The number of carbonyl (C=O) groups excluding carboxylic acids is 1. The van der Waals surface area contributed by atoms with Gasteiger partial charge in [0.25, 0.3) is 0 Å². The summed E-state index contributed by atoms with van der Waals surface area (Å²) in [5.74, 6) is -0.595. The SMILES string of the molecule is COC(=O)CN(Cc1ccccc1)S(=O)(=O)c1c(C)cc(C)cc1C. The van der Waals surface area contributed by atoms with Gasteiger partial charge in [-0.1, -0.05) is 48.0 Å². The molecule has 0 N–H and O–H groups in total. The maximum Gasteiger partial charge on any atom is 0.321 e. The van der Waals surface area contributed by atoms with Crippen LogP contribution in [0.4, 0.5) is 0 Å². The molecule has 0 aliphatic carbocycles. The monoisotopic (exact) mass is 361 g/mol. The summed E-state index contributed by atoms with van der Waals surface area (Å²) in [6, 6.07) is 12.8. The molecule has 0 bridgehead atoms. The van der Waals surface area contributed by atoms with Crippen molar-refractivity contribution in [3.05, 3.63) is 64.7 Å². The minimum absolute atomic E-state index is 0.102. The van der Waals surface area contributed by atoms with Crippen molar-refractivity contribution in [2.24, 2.45) is 0 Å². The second-order valence-electron chi connectivity index (χ2n) is 6.06. The Labute approximate surface area is 149 Å². The lowest BCUT2D eigenvalue weighted by Gasteiger charge is -2.23. The fourth-order valence-corrected chi connectivity index (χ4v) is 4.71. The Balaban J connectivity index is 2.50. The van der Waals surface area contributed by atoms with Crippen molar-refractivity contribution in [3.8, 4) is 0 Å². The average Bonchev–Trinajstić information content (AvgIpc) is 2.53. The van der Waals surface area contributed by atoms with Crippen molar-refractivity contribution in [2.75, 3.05) is 13.7 Å². The number of hydrogen-bond acceptors (Lipinski definition) is 4. The van der Waals surface area contributed by atoms with Gasteiger partial charge in [-0.15, -0.1) is 0 Å². The van der Waals surface area contributed by atoms with Crippen LogP contribution >= 0.6 is 0 Å². The molecule has 0 aliphatic rings. The minimum atomic E-state index is -3.85. The summed E-state index contributed by atoms with van der Waals surface area (Å²) in [4.78, 5) is 12.0. The standard InChI is InChI=1S/C19H23NO4S/c1-14-10-15(2)19(16(3)11-14)25(22,23)20(13-18(21)24-4)12-17-8-6-5-7-9-17/h5-11H,12-13H2,1-4H3. The highest BCUT2D eigenvalue weighted by atomic mass is 32.2. The third-order valence-electron chi connectivity index (χ3n) is 3.94. The van der Waals surface area contributed by atoms with Crippen LogP contribution in [0, 0.1) is 20.8 Å². The number of rotatable bonds is 6. The molecule has 2 rings (SSSR count). The molecule has 0 saturated heterocycles.